The standard InChI is InChI=1S/C32H31ClN2O5/c1-38-26-11-7-10-24(19-26)31(32(37)34-28-17-16-27(39-2)20-29(28)40-3)35(21-23-12-14-25(33)15-13-23)30(36)18-22-8-5-4-6-9-22/h4-17,19-20,31H,18,21H2,1-3H3,(H,34,37). The maximum Gasteiger partial charge on any atom is 0.251 e. The third kappa shape index (κ3) is 7.12. The van der Waals surface area contributed by atoms with Crippen molar-refractivity contribution in [1.82, 2.24) is 4.90 Å². The minimum atomic E-state index is -0.992. The van der Waals surface area contributed by atoms with Gasteiger partial charge in [-0.25, -0.2) is 0 Å². The van der Waals surface area contributed by atoms with Crippen molar-refractivity contribution in [3.63, 3.8) is 0 Å². The number of carbonyl (C=O) groups is 2. The van der Waals surface area contributed by atoms with Gasteiger partial charge in [-0.15, -0.1) is 0 Å². The van der Waals surface area contributed by atoms with Crippen LogP contribution in [-0.2, 0) is 22.6 Å². The molecule has 8 heteroatoms. The third-order valence-corrected chi connectivity index (χ3v) is 6.67. The van der Waals surface area contributed by atoms with E-state index in [0.717, 1.165) is 11.1 Å². The highest BCUT2D eigenvalue weighted by Crippen LogP contribution is 2.33. The van der Waals surface area contributed by atoms with E-state index in [2.05, 4.69) is 5.32 Å². The van der Waals surface area contributed by atoms with E-state index < -0.39 is 11.9 Å². The quantitative estimate of drug-likeness (QED) is 0.233. The van der Waals surface area contributed by atoms with Gasteiger partial charge in [0.2, 0.25) is 5.91 Å². The number of anilines is 1. The topological polar surface area (TPSA) is 77.1 Å². The first-order valence-electron chi connectivity index (χ1n) is 12.7. The highest BCUT2D eigenvalue weighted by molar-refractivity contribution is 6.30. The minimum Gasteiger partial charge on any atom is -0.497 e. The largest absolute Gasteiger partial charge is 0.497 e. The number of methoxy groups -OCH3 is 3. The Hall–Kier alpha value is -4.49. The van der Waals surface area contributed by atoms with Gasteiger partial charge >= 0.3 is 0 Å². The molecule has 0 spiro atoms. The number of benzene rings is 4. The molecule has 4 rings (SSSR count). The van der Waals surface area contributed by atoms with Crippen molar-refractivity contribution in [2.24, 2.45) is 0 Å². The van der Waals surface area contributed by atoms with Crippen LogP contribution in [0.5, 0.6) is 17.2 Å². The van der Waals surface area contributed by atoms with E-state index >= 15 is 0 Å². The molecule has 40 heavy (non-hydrogen) atoms. The molecule has 0 aliphatic rings. The molecule has 1 atom stereocenters. The first kappa shape index (κ1) is 28.5. The van der Waals surface area contributed by atoms with Crippen LogP contribution in [0.15, 0.2) is 97.1 Å². The predicted octanol–water partition coefficient (Wildman–Crippen LogP) is 6.32. The van der Waals surface area contributed by atoms with Crippen LogP contribution in [0, 0.1) is 0 Å². The zero-order valence-corrected chi connectivity index (χ0v) is 23.4. The molecule has 0 saturated heterocycles. The summed E-state index contributed by atoms with van der Waals surface area (Å²) in [5.74, 6) is 0.954. The fourth-order valence-corrected chi connectivity index (χ4v) is 4.50. The van der Waals surface area contributed by atoms with E-state index in [-0.39, 0.29) is 18.9 Å². The zero-order valence-electron chi connectivity index (χ0n) is 22.6. The Bertz CT molecular complexity index is 1440. The summed E-state index contributed by atoms with van der Waals surface area (Å²) < 4.78 is 16.2. The van der Waals surface area contributed by atoms with E-state index in [4.69, 9.17) is 25.8 Å². The number of amides is 2. The van der Waals surface area contributed by atoms with Gasteiger partial charge in [0.25, 0.3) is 5.91 Å². The smallest absolute Gasteiger partial charge is 0.251 e. The number of carbonyl (C=O) groups excluding carboxylic acids is 2. The van der Waals surface area contributed by atoms with Crippen LogP contribution in [0.25, 0.3) is 0 Å². The molecule has 7 nitrogen and oxygen atoms in total. The van der Waals surface area contributed by atoms with Crippen molar-refractivity contribution in [2.45, 2.75) is 19.0 Å². The molecule has 2 amide bonds. The molecule has 0 radical (unpaired) electrons. The van der Waals surface area contributed by atoms with Crippen LogP contribution in [0.1, 0.15) is 22.7 Å². The summed E-state index contributed by atoms with van der Waals surface area (Å²) in [5, 5.41) is 3.55. The van der Waals surface area contributed by atoms with Crippen molar-refractivity contribution < 1.29 is 23.8 Å². The Morgan fingerprint density at radius 3 is 2.15 bits per heavy atom. The number of nitrogens with zero attached hydrogens (tertiary/aromatic N) is 1. The number of hydrogen-bond donors (Lipinski definition) is 1. The van der Waals surface area contributed by atoms with Gasteiger partial charge in [-0.2, -0.15) is 0 Å². The summed E-state index contributed by atoms with van der Waals surface area (Å²) in [4.78, 5) is 29.7. The molecule has 0 aliphatic carbocycles. The van der Waals surface area contributed by atoms with Gasteiger partial charge in [0.1, 0.15) is 23.3 Å². The molecular weight excluding hydrogens is 528 g/mol. The Morgan fingerprint density at radius 1 is 0.775 bits per heavy atom. The highest BCUT2D eigenvalue weighted by Gasteiger charge is 2.32. The van der Waals surface area contributed by atoms with Gasteiger partial charge in [0.15, 0.2) is 0 Å². The molecular formula is C32H31ClN2O5. The average molecular weight is 559 g/mol. The number of rotatable bonds is 11. The normalized spacial score (nSPS) is 11.3. The van der Waals surface area contributed by atoms with Gasteiger partial charge in [0, 0.05) is 17.6 Å². The lowest BCUT2D eigenvalue weighted by atomic mass is 10.0. The fourth-order valence-electron chi connectivity index (χ4n) is 4.37. The second kappa shape index (κ2) is 13.5. The van der Waals surface area contributed by atoms with Crippen LogP contribution in [-0.4, -0.2) is 38.0 Å². The van der Waals surface area contributed by atoms with Crippen molar-refractivity contribution in [2.75, 3.05) is 26.6 Å². The summed E-state index contributed by atoms with van der Waals surface area (Å²) in [6.07, 6.45) is 0.119. The minimum absolute atomic E-state index is 0.119. The lowest BCUT2D eigenvalue weighted by Gasteiger charge is -2.32. The predicted molar refractivity (Wildman–Crippen MR) is 156 cm³/mol. The number of ether oxygens (including phenoxy) is 3. The van der Waals surface area contributed by atoms with Crippen molar-refractivity contribution >= 4 is 29.1 Å². The summed E-state index contributed by atoms with van der Waals surface area (Å²) in [6, 6.07) is 27.9. The number of nitrogens with one attached hydrogen (secondary N) is 1. The maximum absolute atomic E-state index is 14.1. The fraction of sp³-hybridized carbons (Fsp3) is 0.188. The first-order chi connectivity index (χ1) is 19.4. The van der Waals surface area contributed by atoms with Crippen LogP contribution < -0.4 is 19.5 Å². The average Bonchev–Trinajstić information content (AvgIpc) is 2.98. The van der Waals surface area contributed by atoms with Crippen molar-refractivity contribution in [1.29, 1.82) is 0 Å². The van der Waals surface area contributed by atoms with Crippen LogP contribution in [0.4, 0.5) is 5.69 Å². The summed E-state index contributed by atoms with van der Waals surface area (Å²) >= 11 is 6.12. The SMILES string of the molecule is COc1cccc(C(C(=O)Nc2ccc(OC)cc2OC)N(Cc2ccc(Cl)cc2)C(=O)Cc2ccccc2)c1. The summed E-state index contributed by atoms with van der Waals surface area (Å²) in [6.45, 7) is 0.178. The zero-order chi connectivity index (χ0) is 28.5. The molecule has 1 N–H and O–H groups in total. The van der Waals surface area contributed by atoms with E-state index in [1.54, 1.807) is 67.7 Å². The Kier molecular flexibility index (Phi) is 9.65. The van der Waals surface area contributed by atoms with Crippen LogP contribution in [0.3, 0.4) is 0 Å². The number of halogens is 1. The molecule has 0 aromatic heterocycles. The second-order valence-corrected chi connectivity index (χ2v) is 9.48. The molecule has 0 bridgehead atoms. The molecule has 4 aromatic rings. The van der Waals surface area contributed by atoms with Gasteiger partial charge in [-0.1, -0.05) is 66.2 Å². The van der Waals surface area contributed by atoms with Crippen LogP contribution >= 0.6 is 11.6 Å². The lowest BCUT2D eigenvalue weighted by Crippen LogP contribution is -2.41. The Labute approximate surface area is 239 Å². The van der Waals surface area contributed by atoms with Crippen molar-refractivity contribution in [3.05, 3.63) is 119 Å². The van der Waals surface area contributed by atoms with Gasteiger partial charge in [0.05, 0.1) is 33.4 Å². The van der Waals surface area contributed by atoms with Gasteiger partial charge < -0.3 is 24.4 Å². The summed E-state index contributed by atoms with van der Waals surface area (Å²) in [5.41, 5.74) is 2.71. The van der Waals surface area contributed by atoms with E-state index in [1.165, 1.54) is 7.11 Å². The molecule has 0 aliphatic heterocycles. The molecule has 1 unspecified atom stereocenters. The second-order valence-electron chi connectivity index (χ2n) is 9.05. The molecule has 0 saturated carbocycles. The Morgan fingerprint density at radius 2 is 1.48 bits per heavy atom. The lowest BCUT2D eigenvalue weighted by molar-refractivity contribution is -0.139. The monoisotopic (exact) mass is 558 g/mol. The third-order valence-electron chi connectivity index (χ3n) is 6.42. The number of hydrogen-bond acceptors (Lipinski definition) is 5. The van der Waals surface area contributed by atoms with Gasteiger partial charge in [-0.3, -0.25) is 9.59 Å². The van der Waals surface area contributed by atoms with E-state index in [1.807, 2.05) is 48.5 Å². The van der Waals surface area contributed by atoms with Crippen molar-refractivity contribution in [3.8, 4) is 17.2 Å². The summed E-state index contributed by atoms with van der Waals surface area (Å²) in [7, 11) is 4.63. The first-order valence-corrected chi connectivity index (χ1v) is 13.0. The molecule has 4 aromatic carbocycles. The highest BCUT2D eigenvalue weighted by atomic mass is 35.5. The van der Waals surface area contributed by atoms with E-state index in [9.17, 15) is 9.59 Å². The molecule has 0 fully saturated rings. The van der Waals surface area contributed by atoms with Gasteiger partial charge in [-0.05, 0) is 53.1 Å². The van der Waals surface area contributed by atoms with E-state index in [0.29, 0.717) is 33.5 Å². The molecule has 0 heterocycles. The van der Waals surface area contributed by atoms with Crippen LogP contribution in [0.2, 0.25) is 5.02 Å². The maximum atomic E-state index is 14.1. The molecule has 206 valence electrons. The Balaban J connectivity index is 1.78.